The van der Waals surface area contributed by atoms with Gasteiger partial charge in [-0.3, -0.25) is 4.90 Å². The molecule has 1 aromatic carbocycles. The van der Waals surface area contributed by atoms with Gasteiger partial charge in [0, 0.05) is 35.7 Å². The minimum absolute atomic E-state index is 0.179. The van der Waals surface area contributed by atoms with Gasteiger partial charge in [-0.15, -0.1) is 0 Å². The van der Waals surface area contributed by atoms with Crippen LogP contribution in [0.25, 0.3) is 0 Å². The number of benzene rings is 1. The normalized spacial score (nSPS) is 29.8. The third-order valence-corrected chi connectivity index (χ3v) is 6.03. The highest BCUT2D eigenvalue weighted by atomic mass is 79.9. The summed E-state index contributed by atoms with van der Waals surface area (Å²) in [6.45, 7) is 4.26. The molecule has 0 aliphatic carbocycles. The highest BCUT2D eigenvalue weighted by molar-refractivity contribution is 9.10. The molecule has 2 atom stereocenters. The van der Waals surface area contributed by atoms with Gasteiger partial charge in [0.25, 0.3) is 0 Å². The van der Waals surface area contributed by atoms with Gasteiger partial charge < -0.3 is 10.6 Å². The first-order chi connectivity index (χ1) is 10.1. The summed E-state index contributed by atoms with van der Waals surface area (Å²) in [7, 11) is 2.25. The maximum absolute atomic E-state index is 6.23. The summed E-state index contributed by atoms with van der Waals surface area (Å²) in [6.07, 6.45) is 5.15. The summed E-state index contributed by atoms with van der Waals surface area (Å²) < 4.78 is 1.14. The molecule has 2 saturated heterocycles. The van der Waals surface area contributed by atoms with Crippen molar-refractivity contribution in [3.63, 3.8) is 0 Å². The topological polar surface area (TPSA) is 32.5 Å². The lowest BCUT2D eigenvalue weighted by atomic mass is 9.81. The fourth-order valence-electron chi connectivity index (χ4n) is 4.03. The van der Waals surface area contributed by atoms with Crippen molar-refractivity contribution >= 4 is 15.9 Å². The second kappa shape index (κ2) is 6.37. The molecule has 3 rings (SSSR count). The lowest BCUT2D eigenvalue weighted by Crippen LogP contribution is -2.59. The van der Waals surface area contributed by atoms with Crippen LogP contribution in [0, 0.1) is 0 Å². The van der Waals surface area contributed by atoms with Crippen molar-refractivity contribution in [3.05, 3.63) is 34.3 Å². The van der Waals surface area contributed by atoms with Crippen molar-refractivity contribution in [1.29, 1.82) is 0 Å². The molecule has 116 valence electrons. The molecule has 2 N–H and O–H groups in total. The highest BCUT2D eigenvalue weighted by Crippen LogP contribution is 2.36. The zero-order chi connectivity index (χ0) is 14.9. The minimum Gasteiger partial charge on any atom is -0.329 e. The number of rotatable bonds is 4. The molecule has 2 fully saturated rings. The van der Waals surface area contributed by atoms with Crippen LogP contribution in [-0.2, 0) is 6.54 Å². The number of halogens is 1. The van der Waals surface area contributed by atoms with Gasteiger partial charge in [0.2, 0.25) is 0 Å². The van der Waals surface area contributed by atoms with E-state index in [1.807, 2.05) is 0 Å². The first kappa shape index (κ1) is 15.5. The monoisotopic (exact) mass is 351 g/mol. The molecule has 2 aliphatic rings. The Morgan fingerprint density at radius 2 is 2.10 bits per heavy atom. The third kappa shape index (κ3) is 3.19. The minimum atomic E-state index is 0.179. The van der Waals surface area contributed by atoms with E-state index in [1.54, 1.807) is 0 Å². The number of nitrogens with two attached hydrogens (primary N) is 1. The maximum Gasteiger partial charge on any atom is 0.0359 e. The van der Waals surface area contributed by atoms with Crippen LogP contribution in [0.4, 0.5) is 0 Å². The Hall–Kier alpha value is -0.420. The second-order valence-corrected chi connectivity index (χ2v) is 7.61. The van der Waals surface area contributed by atoms with Gasteiger partial charge in [-0.2, -0.15) is 0 Å². The van der Waals surface area contributed by atoms with E-state index in [2.05, 4.69) is 57.0 Å². The molecule has 1 aromatic rings. The Morgan fingerprint density at radius 1 is 1.33 bits per heavy atom. The van der Waals surface area contributed by atoms with E-state index in [0.717, 1.165) is 23.6 Å². The highest BCUT2D eigenvalue weighted by Gasteiger charge is 2.42. The molecule has 2 unspecified atom stereocenters. The first-order valence-electron chi connectivity index (χ1n) is 8.03. The van der Waals surface area contributed by atoms with Crippen molar-refractivity contribution in [2.24, 2.45) is 5.73 Å². The molecule has 0 radical (unpaired) electrons. The Bertz CT molecular complexity index is 475. The summed E-state index contributed by atoms with van der Waals surface area (Å²) in [5.74, 6) is 0. The maximum atomic E-state index is 6.23. The lowest BCUT2D eigenvalue weighted by molar-refractivity contribution is 0.0220. The Kier molecular flexibility index (Phi) is 4.69. The number of hydrogen-bond donors (Lipinski definition) is 1. The van der Waals surface area contributed by atoms with Crippen LogP contribution in [0.5, 0.6) is 0 Å². The number of nitrogens with zero attached hydrogens (tertiary/aromatic N) is 2. The first-order valence-corrected chi connectivity index (χ1v) is 8.82. The summed E-state index contributed by atoms with van der Waals surface area (Å²) in [5.41, 5.74) is 7.77. The Morgan fingerprint density at radius 3 is 2.81 bits per heavy atom. The summed E-state index contributed by atoms with van der Waals surface area (Å²) in [6, 6.07) is 9.41. The van der Waals surface area contributed by atoms with Gasteiger partial charge in [0.15, 0.2) is 0 Å². The Labute approximate surface area is 136 Å². The molecule has 0 amide bonds. The summed E-state index contributed by atoms with van der Waals surface area (Å²) in [5, 5.41) is 0. The van der Waals surface area contributed by atoms with E-state index in [4.69, 9.17) is 5.73 Å². The van der Waals surface area contributed by atoms with Crippen LogP contribution in [0.3, 0.4) is 0 Å². The van der Waals surface area contributed by atoms with Crippen molar-refractivity contribution in [2.45, 2.75) is 43.8 Å². The van der Waals surface area contributed by atoms with E-state index in [9.17, 15) is 0 Å². The van der Waals surface area contributed by atoms with E-state index in [1.165, 1.54) is 44.3 Å². The van der Waals surface area contributed by atoms with Crippen LogP contribution < -0.4 is 5.73 Å². The molecule has 0 aromatic heterocycles. The van der Waals surface area contributed by atoms with E-state index in [-0.39, 0.29) is 5.54 Å². The van der Waals surface area contributed by atoms with Crippen LogP contribution in [0.2, 0.25) is 0 Å². The number of likely N-dealkylation sites (N-methyl/N-ethyl adjacent to an activating group) is 1. The van der Waals surface area contributed by atoms with Gasteiger partial charge in [0.1, 0.15) is 0 Å². The van der Waals surface area contributed by atoms with Crippen LogP contribution >= 0.6 is 15.9 Å². The molecule has 2 aliphatic heterocycles. The quantitative estimate of drug-likeness (QED) is 0.905. The predicted molar refractivity (Wildman–Crippen MR) is 91.2 cm³/mol. The van der Waals surface area contributed by atoms with Crippen molar-refractivity contribution < 1.29 is 0 Å². The smallest absolute Gasteiger partial charge is 0.0359 e. The van der Waals surface area contributed by atoms with Crippen LogP contribution in [-0.4, -0.2) is 48.1 Å². The van der Waals surface area contributed by atoms with Gasteiger partial charge >= 0.3 is 0 Å². The van der Waals surface area contributed by atoms with Gasteiger partial charge in [-0.25, -0.2) is 0 Å². The molecule has 21 heavy (non-hydrogen) atoms. The SMILES string of the molecule is CN(Cc1ccc(Br)cc1)C1(CN)CCN2CCCC2C1. The molecule has 0 spiro atoms. The lowest BCUT2D eigenvalue weighted by Gasteiger charge is -2.49. The zero-order valence-electron chi connectivity index (χ0n) is 12.9. The standard InChI is InChI=1S/C17H26BrN3/c1-20(12-14-4-6-15(18)7-5-14)17(13-19)8-10-21-9-2-3-16(21)11-17/h4-7,16H,2-3,8-13,19H2,1H3. The molecule has 0 saturated carbocycles. The fraction of sp³-hybridized carbons (Fsp3) is 0.647. The second-order valence-electron chi connectivity index (χ2n) is 6.70. The largest absolute Gasteiger partial charge is 0.329 e. The average Bonchev–Trinajstić information content (AvgIpc) is 2.96. The summed E-state index contributed by atoms with van der Waals surface area (Å²) >= 11 is 3.50. The van der Waals surface area contributed by atoms with Gasteiger partial charge in [-0.05, 0) is 57.0 Å². The molecular formula is C17H26BrN3. The zero-order valence-corrected chi connectivity index (χ0v) is 14.5. The Balaban J connectivity index is 1.71. The van der Waals surface area contributed by atoms with Crippen LogP contribution in [0.15, 0.2) is 28.7 Å². The molecular weight excluding hydrogens is 326 g/mol. The van der Waals surface area contributed by atoms with E-state index < -0.39 is 0 Å². The van der Waals surface area contributed by atoms with Crippen molar-refractivity contribution in [2.75, 3.05) is 26.7 Å². The van der Waals surface area contributed by atoms with E-state index >= 15 is 0 Å². The van der Waals surface area contributed by atoms with Crippen molar-refractivity contribution in [3.8, 4) is 0 Å². The molecule has 4 heteroatoms. The predicted octanol–water partition coefficient (Wildman–Crippen LogP) is 2.84. The van der Waals surface area contributed by atoms with Gasteiger partial charge in [-0.1, -0.05) is 28.1 Å². The van der Waals surface area contributed by atoms with Crippen LogP contribution in [0.1, 0.15) is 31.2 Å². The summed E-state index contributed by atoms with van der Waals surface area (Å²) in [4.78, 5) is 5.17. The molecule has 0 bridgehead atoms. The number of hydrogen-bond acceptors (Lipinski definition) is 3. The number of fused-ring (bicyclic) bond motifs is 1. The van der Waals surface area contributed by atoms with Gasteiger partial charge in [0.05, 0.1) is 0 Å². The average molecular weight is 352 g/mol. The van der Waals surface area contributed by atoms with Crippen molar-refractivity contribution in [1.82, 2.24) is 9.80 Å². The molecule has 2 heterocycles. The molecule has 3 nitrogen and oxygen atoms in total. The van der Waals surface area contributed by atoms with E-state index in [0.29, 0.717) is 0 Å². The number of piperidine rings is 1. The fourth-order valence-corrected chi connectivity index (χ4v) is 4.30. The third-order valence-electron chi connectivity index (χ3n) is 5.50.